The highest BCUT2D eigenvalue weighted by Gasteiger charge is 2.25. The Morgan fingerprint density at radius 1 is 1.56 bits per heavy atom. The van der Waals surface area contributed by atoms with E-state index in [2.05, 4.69) is 5.10 Å². The summed E-state index contributed by atoms with van der Waals surface area (Å²) in [6.07, 6.45) is 0. The second kappa shape index (κ2) is 5.86. The summed E-state index contributed by atoms with van der Waals surface area (Å²) in [4.78, 5) is 14.1. The average molecular weight is 254 g/mol. The van der Waals surface area contributed by atoms with E-state index in [9.17, 15) is 4.79 Å². The highest BCUT2D eigenvalue weighted by molar-refractivity contribution is 5.98. The van der Waals surface area contributed by atoms with Crippen molar-refractivity contribution in [1.29, 1.82) is 0 Å². The SMILES string of the molecule is CCn1nc(C)c(N)c1C(=O)N(CCO)C(C)C. The molecular formula is C12H22N4O2. The third-order valence-electron chi connectivity index (χ3n) is 2.90. The van der Waals surface area contributed by atoms with Crippen LogP contribution in [-0.2, 0) is 6.54 Å². The highest BCUT2D eigenvalue weighted by Crippen LogP contribution is 2.19. The lowest BCUT2D eigenvalue weighted by atomic mass is 10.2. The van der Waals surface area contributed by atoms with Gasteiger partial charge in [-0.1, -0.05) is 0 Å². The number of nitrogens with two attached hydrogens (primary N) is 1. The van der Waals surface area contributed by atoms with Gasteiger partial charge in [0.05, 0.1) is 18.0 Å². The first kappa shape index (κ1) is 14.5. The molecule has 0 aliphatic carbocycles. The lowest BCUT2D eigenvalue weighted by Crippen LogP contribution is -2.40. The van der Waals surface area contributed by atoms with Crippen molar-refractivity contribution in [2.45, 2.75) is 40.3 Å². The van der Waals surface area contributed by atoms with Crippen molar-refractivity contribution in [3.8, 4) is 0 Å². The number of hydrogen-bond donors (Lipinski definition) is 2. The Hall–Kier alpha value is -1.56. The molecule has 0 aliphatic heterocycles. The van der Waals surface area contributed by atoms with Crippen LogP contribution in [0.4, 0.5) is 5.69 Å². The summed E-state index contributed by atoms with van der Waals surface area (Å²) in [6, 6.07) is 0.00422. The molecule has 0 radical (unpaired) electrons. The van der Waals surface area contributed by atoms with Gasteiger partial charge in [-0.3, -0.25) is 9.48 Å². The van der Waals surface area contributed by atoms with Gasteiger partial charge in [0.15, 0.2) is 0 Å². The van der Waals surface area contributed by atoms with Crippen LogP contribution in [0.15, 0.2) is 0 Å². The first-order valence-electron chi connectivity index (χ1n) is 6.18. The van der Waals surface area contributed by atoms with Crippen LogP contribution in [0.5, 0.6) is 0 Å². The Morgan fingerprint density at radius 3 is 2.61 bits per heavy atom. The molecule has 0 saturated carbocycles. The fourth-order valence-corrected chi connectivity index (χ4v) is 1.89. The van der Waals surface area contributed by atoms with Crippen molar-refractivity contribution >= 4 is 11.6 Å². The molecule has 0 fully saturated rings. The first-order valence-corrected chi connectivity index (χ1v) is 6.18. The molecule has 1 aromatic rings. The molecule has 6 heteroatoms. The number of nitrogen functional groups attached to an aromatic ring is 1. The van der Waals surface area contributed by atoms with Crippen LogP contribution in [-0.4, -0.2) is 44.9 Å². The van der Waals surface area contributed by atoms with Gasteiger partial charge >= 0.3 is 0 Å². The van der Waals surface area contributed by atoms with Crippen LogP contribution in [0.25, 0.3) is 0 Å². The zero-order valence-electron chi connectivity index (χ0n) is 11.5. The van der Waals surface area contributed by atoms with E-state index in [1.165, 1.54) is 0 Å². The maximum Gasteiger partial charge on any atom is 0.274 e. The molecule has 3 N–H and O–H groups in total. The summed E-state index contributed by atoms with van der Waals surface area (Å²) >= 11 is 0. The maximum absolute atomic E-state index is 12.5. The van der Waals surface area contributed by atoms with Gasteiger partial charge in [0.25, 0.3) is 5.91 Å². The van der Waals surface area contributed by atoms with Crippen molar-refractivity contribution in [3.63, 3.8) is 0 Å². The predicted octanol–water partition coefficient (Wildman–Crippen LogP) is 0.637. The number of carbonyl (C=O) groups excluding carboxylic acids is 1. The lowest BCUT2D eigenvalue weighted by molar-refractivity contribution is 0.0654. The first-order chi connectivity index (χ1) is 8.43. The molecule has 0 unspecified atom stereocenters. The zero-order valence-corrected chi connectivity index (χ0v) is 11.5. The summed E-state index contributed by atoms with van der Waals surface area (Å²) in [5.74, 6) is -0.181. The summed E-state index contributed by atoms with van der Waals surface area (Å²) in [5, 5.41) is 13.3. The Kier molecular flexibility index (Phi) is 4.72. The number of aliphatic hydroxyl groups excluding tert-OH is 1. The van der Waals surface area contributed by atoms with E-state index in [0.29, 0.717) is 30.2 Å². The minimum Gasteiger partial charge on any atom is -0.395 e. The van der Waals surface area contributed by atoms with Gasteiger partial charge in [-0.2, -0.15) is 5.10 Å². The van der Waals surface area contributed by atoms with E-state index in [-0.39, 0.29) is 18.6 Å². The lowest BCUT2D eigenvalue weighted by Gasteiger charge is -2.26. The number of nitrogens with zero attached hydrogens (tertiary/aromatic N) is 3. The summed E-state index contributed by atoms with van der Waals surface area (Å²) in [7, 11) is 0. The molecule has 102 valence electrons. The molecule has 1 aromatic heterocycles. The highest BCUT2D eigenvalue weighted by atomic mass is 16.3. The van der Waals surface area contributed by atoms with Crippen LogP contribution in [0.2, 0.25) is 0 Å². The summed E-state index contributed by atoms with van der Waals surface area (Å²) in [5.41, 5.74) is 7.42. The number of hydrogen-bond acceptors (Lipinski definition) is 4. The van der Waals surface area contributed by atoms with E-state index < -0.39 is 0 Å². The summed E-state index contributed by atoms with van der Waals surface area (Å²) < 4.78 is 1.61. The largest absolute Gasteiger partial charge is 0.395 e. The van der Waals surface area contributed by atoms with Crippen LogP contribution in [0, 0.1) is 6.92 Å². The monoisotopic (exact) mass is 254 g/mol. The second-order valence-corrected chi connectivity index (χ2v) is 4.48. The number of anilines is 1. The quantitative estimate of drug-likeness (QED) is 0.807. The number of amides is 1. The maximum atomic E-state index is 12.5. The Balaban J connectivity index is 3.15. The topological polar surface area (TPSA) is 84.4 Å². The Bertz CT molecular complexity index is 426. The van der Waals surface area contributed by atoms with Crippen LogP contribution in [0.3, 0.4) is 0 Å². The van der Waals surface area contributed by atoms with Gasteiger partial charge in [-0.15, -0.1) is 0 Å². The van der Waals surface area contributed by atoms with E-state index in [4.69, 9.17) is 10.8 Å². The van der Waals surface area contributed by atoms with E-state index in [1.807, 2.05) is 20.8 Å². The smallest absolute Gasteiger partial charge is 0.274 e. The van der Waals surface area contributed by atoms with E-state index in [1.54, 1.807) is 16.5 Å². The minimum atomic E-state index is -0.181. The molecule has 0 bridgehead atoms. The van der Waals surface area contributed by atoms with Gasteiger partial charge in [-0.25, -0.2) is 0 Å². The molecule has 0 spiro atoms. The number of aryl methyl sites for hydroxylation is 2. The Labute approximate surface area is 107 Å². The van der Waals surface area contributed by atoms with Gasteiger partial charge in [0.1, 0.15) is 5.69 Å². The van der Waals surface area contributed by atoms with Crippen molar-refractivity contribution in [3.05, 3.63) is 11.4 Å². The zero-order chi connectivity index (χ0) is 13.9. The fraction of sp³-hybridized carbons (Fsp3) is 0.667. The van der Waals surface area contributed by atoms with Gasteiger partial charge in [0.2, 0.25) is 0 Å². The standard InChI is InChI=1S/C12H22N4O2/c1-5-16-11(10(13)9(4)14-16)12(18)15(6-7-17)8(2)3/h8,17H,5-7,13H2,1-4H3. The molecule has 1 heterocycles. The van der Waals surface area contributed by atoms with Crippen molar-refractivity contribution < 1.29 is 9.90 Å². The van der Waals surface area contributed by atoms with Gasteiger partial charge in [0, 0.05) is 19.1 Å². The molecule has 1 rings (SSSR count). The van der Waals surface area contributed by atoms with Gasteiger partial charge < -0.3 is 15.7 Å². The molecule has 6 nitrogen and oxygen atoms in total. The number of carbonyl (C=O) groups is 1. The van der Waals surface area contributed by atoms with Crippen molar-refractivity contribution in [1.82, 2.24) is 14.7 Å². The number of aromatic nitrogens is 2. The predicted molar refractivity (Wildman–Crippen MR) is 70.3 cm³/mol. The minimum absolute atomic E-state index is 0.00422. The van der Waals surface area contributed by atoms with E-state index in [0.717, 1.165) is 0 Å². The number of aliphatic hydroxyl groups is 1. The second-order valence-electron chi connectivity index (χ2n) is 4.48. The third kappa shape index (κ3) is 2.64. The molecule has 0 aromatic carbocycles. The normalized spacial score (nSPS) is 11.0. The van der Waals surface area contributed by atoms with Crippen LogP contribution >= 0.6 is 0 Å². The number of rotatable bonds is 5. The van der Waals surface area contributed by atoms with E-state index >= 15 is 0 Å². The Morgan fingerprint density at radius 2 is 2.17 bits per heavy atom. The van der Waals surface area contributed by atoms with Crippen LogP contribution < -0.4 is 5.73 Å². The molecule has 0 atom stereocenters. The molecule has 1 amide bonds. The van der Waals surface area contributed by atoms with Crippen LogP contribution in [0.1, 0.15) is 37.0 Å². The van der Waals surface area contributed by atoms with Crippen molar-refractivity contribution in [2.75, 3.05) is 18.9 Å². The average Bonchev–Trinajstić information content (AvgIpc) is 2.61. The molecule has 18 heavy (non-hydrogen) atoms. The van der Waals surface area contributed by atoms with Crippen molar-refractivity contribution in [2.24, 2.45) is 0 Å². The molecule has 0 saturated heterocycles. The van der Waals surface area contributed by atoms with Gasteiger partial charge in [-0.05, 0) is 27.7 Å². The molecule has 0 aliphatic rings. The molecular weight excluding hydrogens is 232 g/mol. The fourth-order valence-electron chi connectivity index (χ4n) is 1.89. The third-order valence-corrected chi connectivity index (χ3v) is 2.90. The summed E-state index contributed by atoms with van der Waals surface area (Å²) in [6.45, 7) is 8.32.